The number of halogens is 2. The van der Waals surface area contributed by atoms with Gasteiger partial charge >= 0.3 is 5.97 Å². The molecule has 41 heavy (non-hydrogen) atoms. The summed E-state index contributed by atoms with van der Waals surface area (Å²) in [5, 5.41) is 12.8. The molecule has 0 fully saturated rings. The fourth-order valence-electron chi connectivity index (χ4n) is 3.51. The second-order valence-electron chi connectivity index (χ2n) is 8.82. The van der Waals surface area contributed by atoms with Gasteiger partial charge in [-0.2, -0.15) is 0 Å². The van der Waals surface area contributed by atoms with Crippen LogP contribution in [0.15, 0.2) is 121 Å². The molecule has 2 N–H and O–H groups in total. The maximum atomic E-state index is 12.5. The van der Waals surface area contributed by atoms with Crippen molar-refractivity contribution in [3.8, 4) is 0 Å². The lowest BCUT2D eigenvalue weighted by molar-refractivity contribution is -0.130. The zero-order valence-electron chi connectivity index (χ0n) is 22.2. The summed E-state index contributed by atoms with van der Waals surface area (Å²) >= 11 is 11.7. The molecule has 0 aliphatic rings. The Morgan fingerprint density at radius 2 is 1.02 bits per heavy atom. The average molecular weight is 584 g/mol. The van der Waals surface area contributed by atoms with Crippen LogP contribution in [0, 0.1) is 0 Å². The van der Waals surface area contributed by atoms with E-state index in [2.05, 4.69) is 11.9 Å². The molecule has 0 radical (unpaired) electrons. The van der Waals surface area contributed by atoms with Gasteiger partial charge in [0.2, 0.25) is 0 Å². The number of rotatable bonds is 7. The van der Waals surface area contributed by atoms with Crippen molar-refractivity contribution < 1.29 is 19.5 Å². The molecule has 4 rings (SSSR count). The minimum atomic E-state index is -0.948. The summed E-state index contributed by atoms with van der Waals surface area (Å²) in [5.74, 6) is -1.91. The van der Waals surface area contributed by atoms with E-state index in [1.165, 1.54) is 0 Å². The second-order valence-corrected chi connectivity index (χ2v) is 9.69. The number of carboxylic acids is 1. The van der Waals surface area contributed by atoms with Gasteiger partial charge in [-0.25, -0.2) is 4.79 Å². The predicted molar refractivity (Wildman–Crippen MR) is 167 cm³/mol. The van der Waals surface area contributed by atoms with E-state index in [1.807, 2.05) is 48.5 Å². The highest BCUT2D eigenvalue weighted by Crippen LogP contribution is 2.21. The Morgan fingerprint density at radius 1 is 0.634 bits per heavy atom. The molecule has 0 unspecified atom stereocenters. The minimum Gasteiger partial charge on any atom is -0.478 e. The van der Waals surface area contributed by atoms with E-state index in [9.17, 15) is 19.5 Å². The Morgan fingerprint density at radius 3 is 1.41 bits per heavy atom. The molecule has 2 amide bonds. The zero-order valence-corrected chi connectivity index (χ0v) is 23.7. The fraction of sp³-hybridized carbons (Fsp3) is 0.0294. The van der Waals surface area contributed by atoms with Crippen LogP contribution in [-0.4, -0.2) is 22.9 Å². The largest absolute Gasteiger partial charge is 0.478 e. The highest BCUT2D eigenvalue weighted by molar-refractivity contribution is 6.31. The van der Waals surface area contributed by atoms with Gasteiger partial charge in [-0.15, -0.1) is 0 Å². The van der Waals surface area contributed by atoms with E-state index in [0.29, 0.717) is 21.2 Å². The van der Waals surface area contributed by atoms with Gasteiger partial charge in [0.25, 0.3) is 11.8 Å². The van der Waals surface area contributed by atoms with E-state index in [-0.39, 0.29) is 11.1 Å². The van der Waals surface area contributed by atoms with E-state index in [4.69, 9.17) is 23.2 Å². The number of amides is 2. The molecular formula is C34H27Cl2NO4. The Labute approximate surface area is 249 Å². The number of benzene rings is 4. The third-order valence-corrected chi connectivity index (χ3v) is 6.13. The van der Waals surface area contributed by atoms with Crippen molar-refractivity contribution in [1.82, 2.24) is 5.32 Å². The number of aliphatic carboxylic acids is 1. The predicted octanol–water partition coefficient (Wildman–Crippen LogP) is 8.06. The summed E-state index contributed by atoms with van der Waals surface area (Å²) in [4.78, 5) is 35.4. The van der Waals surface area contributed by atoms with Gasteiger partial charge in [0, 0.05) is 21.2 Å². The smallest absolute Gasteiger partial charge is 0.336 e. The summed E-state index contributed by atoms with van der Waals surface area (Å²) in [6, 6.07) is 32.3. The van der Waals surface area contributed by atoms with Gasteiger partial charge in [-0.3, -0.25) is 14.9 Å². The standard InChI is InChI=1S/C19H16ClNO2.C15H11ClO2/c1-13(2)18(22)21-19(23)17(15-6-4-3-5-7-15)12-14-8-10-16(20)11-9-14;16-13-8-6-11(7-9-13)10-14(15(17)18)12-4-2-1-3-5-12/h3-12H,1H2,2H3,(H,21,22,23);1-10H,(H,17,18)/b17-12+;14-10+. The summed E-state index contributed by atoms with van der Waals surface area (Å²) in [6.07, 6.45) is 3.35. The van der Waals surface area contributed by atoms with Crippen molar-refractivity contribution in [2.24, 2.45) is 0 Å². The molecule has 0 atom stereocenters. The van der Waals surface area contributed by atoms with Crippen LogP contribution >= 0.6 is 23.2 Å². The topological polar surface area (TPSA) is 83.5 Å². The summed E-state index contributed by atoms with van der Waals surface area (Å²) in [5.41, 5.74) is 3.94. The van der Waals surface area contributed by atoms with Crippen LogP contribution in [0.3, 0.4) is 0 Å². The van der Waals surface area contributed by atoms with Crippen molar-refractivity contribution in [2.75, 3.05) is 0 Å². The molecule has 0 aliphatic heterocycles. The van der Waals surface area contributed by atoms with Gasteiger partial charge in [0.1, 0.15) is 0 Å². The third-order valence-electron chi connectivity index (χ3n) is 5.62. The number of hydrogen-bond donors (Lipinski definition) is 2. The molecule has 0 heterocycles. The maximum absolute atomic E-state index is 12.5. The highest BCUT2D eigenvalue weighted by atomic mass is 35.5. The molecule has 4 aromatic carbocycles. The first-order valence-corrected chi connectivity index (χ1v) is 13.2. The summed E-state index contributed by atoms with van der Waals surface area (Å²) in [6.45, 7) is 5.08. The molecule has 7 heteroatoms. The monoisotopic (exact) mass is 583 g/mol. The van der Waals surface area contributed by atoms with Crippen LogP contribution in [0.5, 0.6) is 0 Å². The highest BCUT2D eigenvalue weighted by Gasteiger charge is 2.15. The molecule has 0 aromatic heterocycles. The number of imide groups is 1. The number of carboxylic acid groups (broad SMARTS) is 1. The van der Waals surface area contributed by atoms with Gasteiger partial charge in [-0.05, 0) is 65.6 Å². The van der Waals surface area contributed by atoms with E-state index in [1.54, 1.807) is 79.7 Å². The molecule has 0 bridgehead atoms. The number of nitrogens with one attached hydrogen (secondary N) is 1. The van der Waals surface area contributed by atoms with Crippen molar-refractivity contribution in [3.63, 3.8) is 0 Å². The minimum absolute atomic E-state index is 0.262. The normalized spacial score (nSPS) is 11.1. The molecule has 0 aliphatic carbocycles. The van der Waals surface area contributed by atoms with Crippen LogP contribution in [0.2, 0.25) is 10.0 Å². The van der Waals surface area contributed by atoms with Gasteiger partial charge in [-0.1, -0.05) is 115 Å². The van der Waals surface area contributed by atoms with Crippen molar-refractivity contribution in [3.05, 3.63) is 154 Å². The average Bonchev–Trinajstić information content (AvgIpc) is 2.97. The van der Waals surface area contributed by atoms with Crippen molar-refractivity contribution in [1.29, 1.82) is 0 Å². The SMILES string of the molecule is C=C(C)C(=O)NC(=O)/C(=C/c1ccc(Cl)cc1)c1ccccc1.O=C(O)/C(=C/c1ccc(Cl)cc1)c1ccccc1. The molecule has 0 saturated heterocycles. The molecule has 0 spiro atoms. The lowest BCUT2D eigenvalue weighted by Gasteiger charge is -2.09. The number of hydrogen-bond acceptors (Lipinski definition) is 3. The lowest BCUT2D eigenvalue weighted by Crippen LogP contribution is -2.31. The maximum Gasteiger partial charge on any atom is 0.336 e. The molecule has 5 nitrogen and oxygen atoms in total. The molecule has 4 aromatic rings. The van der Waals surface area contributed by atoms with Crippen LogP contribution in [0.25, 0.3) is 23.3 Å². The van der Waals surface area contributed by atoms with E-state index < -0.39 is 17.8 Å². The third kappa shape index (κ3) is 9.76. The first-order valence-electron chi connectivity index (χ1n) is 12.4. The van der Waals surface area contributed by atoms with Crippen LogP contribution in [0.1, 0.15) is 29.2 Å². The first kappa shape index (κ1) is 30.8. The number of carbonyl (C=O) groups excluding carboxylic acids is 2. The first-order chi connectivity index (χ1) is 19.6. The second kappa shape index (κ2) is 15.2. The Hall–Kier alpha value is -4.71. The van der Waals surface area contributed by atoms with Gasteiger partial charge in [0.15, 0.2) is 0 Å². The fourth-order valence-corrected chi connectivity index (χ4v) is 3.76. The quantitative estimate of drug-likeness (QED) is 0.170. The Bertz CT molecular complexity index is 1580. The van der Waals surface area contributed by atoms with E-state index >= 15 is 0 Å². The van der Waals surface area contributed by atoms with Gasteiger partial charge in [0.05, 0.1) is 5.57 Å². The number of carbonyl (C=O) groups is 3. The summed E-state index contributed by atoms with van der Waals surface area (Å²) < 4.78 is 0. The summed E-state index contributed by atoms with van der Waals surface area (Å²) in [7, 11) is 0. The van der Waals surface area contributed by atoms with Crippen LogP contribution in [-0.2, 0) is 14.4 Å². The van der Waals surface area contributed by atoms with Gasteiger partial charge < -0.3 is 5.11 Å². The molecular weight excluding hydrogens is 557 g/mol. The Kier molecular flexibility index (Phi) is 11.4. The van der Waals surface area contributed by atoms with Crippen molar-refractivity contribution in [2.45, 2.75) is 6.92 Å². The van der Waals surface area contributed by atoms with Crippen LogP contribution in [0.4, 0.5) is 0 Å². The zero-order chi connectivity index (χ0) is 29.8. The lowest BCUT2D eigenvalue weighted by atomic mass is 10.0. The van der Waals surface area contributed by atoms with Crippen LogP contribution < -0.4 is 5.32 Å². The Balaban J connectivity index is 0.000000232. The van der Waals surface area contributed by atoms with E-state index in [0.717, 1.165) is 16.7 Å². The van der Waals surface area contributed by atoms with Crippen molar-refractivity contribution >= 4 is 64.3 Å². The molecule has 206 valence electrons. The molecule has 0 saturated carbocycles.